The van der Waals surface area contributed by atoms with Crippen molar-refractivity contribution in [1.29, 1.82) is 0 Å². The van der Waals surface area contributed by atoms with Gasteiger partial charge in [-0.25, -0.2) is 0 Å². The van der Waals surface area contributed by atoms with E-state index in [9.17, 15) is 5.11 Å². The van der Waals surface area contributed by atoms with Gasteiger partial charge in [-0.2, -0.15) is 0 Å². The van der Waals surface area contributed by atoms with Gasteiger partial charge in [0.15, 0.2) is 0 Å². The van der Waals surface area contributed by atoms with Crippen molar-refractivity contribution < 1.29 is 14.7 Å². The topological polar surface area (TPSA) is 46.3 Å². The SMILES string of the molecule is Oc1c(Cl)cc(Cl)cc1C=Nc1ccc(C[NH+]2CCOCC2)cc1. The van der Waals surface area contributed by atoms with Crippen LogP contribution in [-0.2, 0) is 11.3 Å². The van der Waals surface area contributed by atoms with E-state index >= 15 is 0 Å². The largest absolute Gasteiger partial charge is 0.506 e. The van der Waals surface area contributed by atoms with E-state index in [1.165, 1.54) is 16.5 Å². The molecule has 6 heteroatoms. The third kappa shape index (κ3) is 4.48. The van der Waals surface area contributed by atoms with Gasteiger partial charge in [0.25, 0.3) is 0 Å². The predicted octanol–water partition coefficient (Wildman–Crippen LogP) is 2.86. The molecule has 1 aliphatic rings. The van der Waals surface area contributed by atoms with Crippen LogP contribution in [-0.4, -0.2) is 37.6 Å². The number of rotatable bonds is 4. The zero-order valence-electron chi connectivity index (χ0n) is 13.1. The number of phenolic OH excluding ortho intramolecular Hbond substituents is 1. The van der Waals surface area contributed by atoms with Crippen LogP contribution < -0.4 is 4.90 Å². The zero-order valence-corrected chi connectivity index (χ0v) is 14.6. The Morgan fingerprint density at radius 2 is 1.83 bits per heavy atom. The molecule has 0 bridgehead atoms. The van der Waals surface area contributed by atoms with Crippen LogP contribution in [0.1, 0.15) is 11.1 Å². The van der Waals surface area contributed by atoms with Crippen molar-refractivity contribution in [2.75, 3.05) is 26.3 Å². The first-order valence-corrected chi connectivity index (χ1v) is 8.60. The number of hydrogen-bond donors (Lipinski definition) is 2. The van der Waals surface area contributed by atoms with E-state index in [0.29, 0.717) is 10.6 Å². The average Bonchev–Trinajstić information content (AvgIpc) is 2.59. The predicted molar refractivity (Wildman–Crippen MR) is 97.0 cm³/mol. The van der Waals surface area contributed by atoms with E-state index in [-0.39, 0.29) is 10.8 Å². The molecule has 1 heterocycles. The molecule has 0 amide bonds. The Morgan fingerprint density at radius 1 is 1.12 bits per heavy atom. The second-order valence-corrected chi connectivity index (χ2v) is 6.63. The molecule has 0 spiro atoms. The lowest BCUT2D eigenvalue weighted by Crippen LogP contribution is -3.12. The first kappa shape index (κ1) is 17.2. The molecule has 0 unspecified atom stereocenters. The lowest BCUT2D eigenvalue weighted by molar-refractivity contribution is -0.921. The van der Waals surface area contributed by atoms with Gasteiger partial charge in [0.05, 0.1) is 23.9 Å². The molecule has 1 aliphatic heterocycles. The summed E-state index contributed by atoms with van der Waals surface area (Å²) in [7, 11) is 0. The zero-order chi connectivity index (χ0) is 16.9. The second kappa shape index (κ2) is 7.99. The highest BCUT2D eigenvalue weighted by Crippen LogP contribution is 2.30. The third-order valence-corrected chi connectivity index (χ3v) is 4.51. The van der Waals surface area contributed by atoms with Gasteiger partial charge in [-0.05, 0) is 24.3 Å². The van der Waals surface area contributed by atoms with Crippen LogP contribution in [0.5, 0.6) is 5.75 Å². The number of hydrogen-bond acceptors (Lipinski definition) is 3. The van der Waals surface area contributed by atoms with E-state index in [4.69, 9.17) is 27.9 Å². The summed E-state index contributed by atoms with van der Waals surface area (Å²) in [6, 6.07) is 11.2. The Kier molecular flexibility index (Phi) is 5.74. The normalized spacial score (nSPS) is 15.9. The molecule has 2 aromatic rings. The minimum Gasteiger partial charge on any atom is -0.506 e. The number of halogens is 2. The number of nitrogens with zero attached hydrogens (tertiary/aromatic N) is 1. The maximum Gasteiger partial charge on any atom is 0.143 e. The molecular formula is C18H19Cl2N2O2+. The van der Waals surface area contributed by atoms with E-state index < -0.39 is 0 Å². The number of morpholine rings is 1. The van der Waals surface area contributed by atoms with Crippen molar-refractivity contribution in [3.05, 3.63) is 57.6 Å². The highest BCUT2D eigenvalue weighted by atomic mass is 35.5. The summed E-state index contributed by atoms with van der Waals surface area (Å²) in [5.74, 6) is -0.0163. The van der Waals surface area contributed by atoms with Gasteiger partial charge in [-0.1, -0.05) is 35.3 Å². The van der Waals surface area contributed by atoms with Crippen molar-refractivity contribution in [1.82, 2.24) is 0 Å². The van der Waals surface area contributed by atoms with Crippen LogP contribution in [0.25, 0.3) is 0 Å². The van der Waals surface area contributed by atoms with Crippen molar-refractivity contribution in [2.24, 2.45) is 4.99 Å². The Bertz CT molecular complexity index is 727. The van der Waals surface area contributed by atoms with Gasteiger partial charge in [0.1, 0.15) is 25.4 Å². The molecule has 0 radical (unpaired) electrons. The monoisotopic (exact) mass is 365 g/mol. The maximum absolute atomic E-state index is 9.93. The third-order valence-electron chi connectivity index (χ3n) is 4.00. The van der Waals surface area contributed by atoms with Gasteiger partial charge >= 0.3 is 0 Å². The fourth-order valence-corrected chi connectivity index (χ4v) is 3.16. The van der Waals surface area contributed by atoms with Crippen molar-refractivity contribution in [3.8, 4) is 5.75 Å². The summed E-state index contributed by atoms with van der Waals surface area (Å²) in [4.78, 5) is 5.92. The van der Waals surface area contributed by atoms with Crippen LogP contribution in [0.15, 0.2) is 41.4 Å². The molecule has 126 valence electrons. The Labute approximate surface area is 151 Å². The van der Waals surface area contributed by atoms with Gasteiger partial charge in [-0.15, -0.1) is 0 Å². The number of aromatic hydroxyl groups is 1. The van der Waals surface area contributed by atoms with E-state index in [1.54, 1.807) is 12.3 Å². The van der Waals surface area contributed by atoms with Crippen molar-refractivity contribution >= 4 is 35.1 Å². The molecule has 1 fully saturated rings. The minimum atomic E-state index is -0.0163. The fourth-order valence-electron chi connectivity index (χ4n) is 2.65. The summed E-state index contributed by atoms with van der Waals surface area (Å²) in [6.07, 6.45) is 1.56. The van der Waals surface area contributed by atoms with E-state index in [0.717, 1.165) is 38.5 Å². The lowest BCUT2D eigenvalue weighted by atomic mass is 10.2. The van der Waals surface area contributed by atoms with Gasteiger partial charge in [0.2, 0.25) is 0 Å². The molecule has 24 heavy (non-hydrogen) atoms. The average molecular weight is 366 g/mol. The van der Waals surface area contributed by atoms with Gasteiger partial charge in [-0.3, -0.25) is 4.99 Å². The Hall–Kier alpha value is -1.59. The number of benzene rings is 2. The summed E-state index contributed by atoms with van der Waals surface area (Å²) >= 11 is 11.9. The first-order chi connectivity index (χ1) is 11.6. The molecule has 2 N–H and O–H groups in total. The van der Waals surface area contributed by atoms with Crippen LogP contribution in [0.4, 0.5) is 5.69 Å². The van der Waals surface area contributed by atoms with Crippen LogP contribution in [0.3, 0.4) is 0 Å². The summed E-state index contributed by atoms with van der Waals surface area (Å²) < 4.78 is 5.38. The molecule has 3 rings (SSSR count). The van der Waals surface area contributed by atoms with E-state index in [1.807, 2.05) is 12.1 Å². The number of ether oxygens (including phenoxy) is 1. The summed E-state index contributed by atoms with van der Waals surface area (Å²) in [5, 5.41) is 10.6. The second-order valence-electron chi connectivity index (χ2n) is 5.79. The standard InChI is InChI=1S/C18H18Cl2N2O2/c19-15-9-14(18(23)17(20)10-15)11-21-16-3-1-13(2-4-16)12-22-5-7-24-8-6-22/h1-4,9-11,23H,5-8,12H2/p+1. The van der Waals surface area contributed by atoms with Gasteiger partial charge < -0.3 is 14.7 Å². The Balaban J connectivity index is 1.67. The molecule has 0 aromatic heterocycles. The van der Waals surface area contributed by atoms with Gasteiger partial charge in [0, 0.05) is 22.4 Å². The fraction of sp³-hybridized carbons (Fsp3) is 0.278. The molecule has 0 atom stereocenters. The van der Waals surface area contributed by atoms with E-state index in [2.05, 4.69) is 17.1 Å². The quantitative estimate of drug-likeness (QED) is 0.818. The molecule has 4 nitrogen and oxygen atoms in total. The Morgan fingerprint density at radius 3 is 2.54 bits per heavy atom. The highest BCUT2D eigenvalue weighted by Gasteiger charge is 2.13. The van der Waals surface area contributed by atoms with Crippen LogP contribution in [0.2, 0.25) is 10.0 Å². The number of phenols is 1. The number of quaternary nitrogens is 1. The molecule has 0 saturated carbocycles. The smallest absolute Gasteiger partial charge is 0.143 e. The van der Waals surface area contributed by atoms with Crippen LogP contribution >= 0.6 is 23.2 Å². The molecular weight excluding hydrogens is 347 g/mol. The van der Waals surface area contributed by atoms with Crippen molar-refractivity contribution in [3.63, 3.8) is 0 Å². The highest BCUT2D eigenvalue weighted by molar-refractivity contribution is 6.36. The minimum absolute atomic E-state index is 0.0163. The molecule has 1 saturated heterocycles. The van der Waals surface area contributed by atoms with Crippen molar-refractivity contribution in [2.45, 2.75) is 6.54 Å². The number of nitrogens with one attached hydrogen (secondary N) is 1. The summed E-state index contributed by atoms with van der Waals surface area (Å²) in [5.41, 5.74) is 2.58. The summed E-state index contributed by atoms with van der Waals surface area (Å²) in [6.45, 7) is 4.77. The molecule has 2 aromatic carbocycles. The lowest BCUT2D eigenvalue weighted by Gasteiger charge is -2.23. The maximum atomic E-state index is 9.93. The number of aliphatic imine (C=N–C) groups is 1. The van der Waals surface area contributed by atoms with Crippen LogP contribution in [0, 0.1) is 0 Å². The first-order valence-electron chi connectivity index (χ1n) is 7.84. The molecule has 0 aliphatic carbocycles.